The van der Waals surface area contributed by atoms with Crippen molar-refractivity contribution in [2.45, 2.75) is 81.6 Å². The van der Waals surface area contributed by atoms with Crippen molar-refractivity contribution < 1.29 is 4.74 Å². The van der Waals surface area contributed by atoms with Crippen LogP contribution in [0.15, 0.2) is 48.5 Å². The molecule has 0 amide bonds. The van der Waals surface area contributed by atoms with Crippen molar-refractivity contribution in [2.75, 3.05) is 0 Å². The molecule has 0 unspecified atom stereocenters. The average molecular weight is 549 g/mol. The number of benzene rings is 4. The van der Waals surface area contributed by atoms with Crippen LogP contribution in [0.1, 0.15) is 79.0 Å². The second kappa shape index (κ2) is 9.63. The van der Waals surface area contributed by atoms with Gasteiger partial charge >= 0.3 is 0 Å². The number of hydrogen-bond acceptors (Lipinski definition) is 2. The average Bonchev–Trinajstić information content (AvgIpc) is 2.84. The van der Waals surface area contributed by atoms with Gasteiger partial charge in [-0.3, -0.25) is 4.98 Å². The second-order valence-corrected chi connectivity index (χ2v) is 16.0. The third-order valence-electron chi connectivity index (χ3n) is 8.12. The number of fused-ring (bicyclic) bond motifs is 5. The topological polar surface area (TPSA) is 22.1 Å². The fourth-order valence-electron chi connectivity index (χ4n) is 6.71. The molecule has 0 spiro atoms. The Bertz CT molecular complexity index is 1900. The Kier molecular flexibility index (Phi) is 6.61. The van der Waals surface area contributed by atoms with E-state index in [2.05, 4.69) is 111 Å². The zero-order valence-corrected chi connectivity index (χ0v) is 26.8. The zero-order chi connectivity index (χ0) is 30.4. The molecule has 1 aliphatic heterocycles. The molecule has 0 fully saturated rings. The normalized spacial score (nSPS) is 13.5. The smallest absolute Gasteiger partial charge is 0.140 e. The van der Waals surface area contributed by atoms with Crippen molar-refractivity contribution in [3.63, 3.8) is 0 Å². The highest BCUT2D eigenvalue weighted by Crippen LogP contribution is 2.51. The zero-order valence-electron chi connectivity index (χ0n) is 26.8. The number of ether oxygens (including phenoxy) is 1. The molecule has 5 aromatic rings. The number of aromatic nitrogens is 1. The van der Waals surface area contributed by atoms with E-state index >= 15 is 0 Å². The van der Waals surface area contributed by atoms with Gasteiger partial charge in [0, 0.05) is 11.1 Å². The third kappa shape index (κ3) is 5.23. The maximum Gasteiger partial charge on any atom is 0.140 e. The van der Waals surface area contributed by atoms with Gasteiger partial charge in [0.15, 0.2) is 0 Å². The summed E-state index contributed by atoms with van der Waals surface area (Å²) < 4.78 is 6.95. The Morgan fingerprint density at radius 3 is 2.05 bits per heavy atom. The van der Waals surface area contributed by atoms with E-state index in [9.17, 15) is 0 Å². The highest BCUT2D eigenvalue weighted by atomic mass is 16.5. The van der Waals surface area contributed by atoms with Gasteiger partial charge < -0.3 is 4.74 Å². The van der Waals surface area contributed by atoms with Gasteiger partial charge in [-0.05, 0) is 91.3 Å². The second-order valence-electron chi connectivity index (χ2n) is 16.0. The summed E-state index contributed by atoms with van der Waals surface area (Å²) in [4.78, 5) is 4.98. The van der Waals surface area contributed by atoms with Crippen LogP contribution in [0.3, 0.4) is 0 Å². The molecule has 4 aromatic carbocycles. The first-order valence-corrected chi connectivity index (χ1v) is 15.2. The minimum absolute atomic E-state index is 0.0594. The van der Waals surface area contributed by atoms with Crippen LogP contribution in [-0.4, -0.2) is 20.7 Å². The van der Waals surface area contributed by atoms with E-state index in [1.165, 1.54) is 27.5 Å². The van der Waals surface area contributed by atoms with Gasteiger partial charge in [0.2, 0.25) is 0 Å². The van der Waals surface area contributed by atoms with Gasteiger partial charge in [0.25, 0.3) is 0 Å². The quantitative estimate of drug-likeness (QED) is 0.163. The lowest BCUT2D eigenvalue weighted by Crippen LogP contribution is -2.31. The molecule has 6 rings (SSSR count). The monoisotopic (exact) mass is 549 g/mol. The van der Waals surface area contributed by atoms with Gasteiger partial charge in [0.05, 0.1) is 11.1 Å². The van der Waals surface area contributed by atoms with Gasteiger partial charge in [-0.25, -0.2) is 0 Å². The molecule has 0 bridgehead atoms. The fourth-order valence-corrected chi connectivity index (χ4v) is 6.71. The van der Waals surface area contributed by atoms with Crippen LogP contribution in [0.4, 0.5) is 0 Å². The van der Waals surface area contributed by atoms with Crippen LogP contribution in [-0.2, 0) is 19.3 Å². The Morgan fingerprint density at radius 2 is 1.38 bits per heavy atom. The number of nitrogens with zero attached hydrogens (tertiary/aromatic N) is 1. The number of pyridine rings is 1. The van der Waals surface area contributed by atoms with Crippen molar-refractivity contribution in [1.29, 1.82) is 0 Å². The number of rotatable bonds is 3. The SMILES string of the molecule is [B]c1nc2c3c(cc4cccc(CC(C)(C)C)c4c3c1[B])Oc1c-2cc2cc(CC(C)(C)C)ccc2c1CC(C)(C)C. The molecule has 0 saturated carbocycles. The van der Waals surface area contributed by atoms with Crippen LogP contribution in [0.25, 0.3) is 43.6 Å². The first-order chi connectivity index (χ1) is 19.5. The molecular formula is C38H41B2NO. The van der Waals surface area contributed by atoms with Crippen LogP contribution >= 0.6 is 0 Å². The lowest BCUT2D eigenvalue weighted by atomic mass is 9.76. The van der Waals surface area contributed by atoms with Gasteiger partial charge in [0.1, 0.15) is 27.2 Å². The Morgan fingerprint density at radius 1 is 0.690 bits per heavy atom. The standard InChI is InChI=1S/C38H41B2NO/c1-36(2,3)18-21-13-14-25-24(15-21)16-26-33-30-28(42-34(26)27(25)20-38(7,8)9)17-22-11-10-12-23(19-37(4,5)6)29(22)31(30)32(39)35(40)41-33/h10-17H,18-20H2,1-9H3. The first-order valence-electron chi connectivity index (χ1n) is 15.2. The Labute approximate surface area is 254 Å². The predicted molar refractivity (Wildman–Crippen MR) is 183 cm³/mol. The minimum Gasteiger partial charge on any atom is -0.456 e. The van der Waals surface area contributed by atoms with E-state index in [1.54, 1.807) is 0 Å². The Balaban J connectivity index is 1.72. The largest absolute Gasteiger partial charge is 0.456 e. The minimum atomic E-state index is 0.0594. The molecule has 1 aromatic heterocycles. The van der Waals surface area contributed by atoms with Crippen molar-refractivity contribution in [3.8, 4) is 22.8 Å². The predicted octanol–water partition coefficient (Wildman–Crippen LogP) is 8.67. The van der Waals surface area contributed by atoms with Crippen molar-refractivity contribution in [2.24, 2.45) is 16.2 Å². The van der Waals surface area contributed by atoms with E-state index in [4.69, 9.17) is 25.4 Å². The van der Waals surface area contributed by atoms with Crippen LogP contribution < -0.4 is 15.8 Å². The maximum absolute atomic E-state index is 6.95. The summed E-state index contributed by atoms with van der Waals surface area (Å²) in [5.41, 5.74) is 6.93. The lowest BCUT2D eigenvalue weighted by molar-refractivity contribution is 0.400. The molecule has 0 N–H and O–H groups in total. The molecule has 0 saturated heterocycles. The maximum atomic E-state index is 6.95. The summed E-state index contributed by atoms with van der Waals surface area (Å²) in [6.45, 7) is 20.5. The molecular weight excluding hydrogens is 508 g/mol. The molecule has 2 nitrogen and oxygen atoms in total. The molecule has 0 aliphatic carbocycles. The summed E-state index contributed by atoms with van der Waals surface area (Å²) in [6, 6.07) is 17.9. The first kappa shape index (κ1) is 28.8. The van der Waals surface area contributed by atoms with Crippen LogP contribution in [0.5, 0.6) is 11.5 Å². The van der Waals surface area contributed by atoms with Crippen LogP contribution in [0, 0.1) is 16.2 Å². The molecule has 0 atom stereocenters. The molecule has 1 aliphatic rings. The summed E-state index contributed by atoms with van der Waals surface area (Å²) >= 11 is 0. The molecule has 210 valence electrons. The van der Waals surface area contributed by atoms with Crippen molar-refractivity contribution in [3.05, 3.63) is 65.2 Å². The van der Waals surface area contributed by atoms with E-state index < -0.39 is 0 Å². The fraction of sp³-hybridized carbons (Fsp3) is 0.395. The third-order valence-corrected chi connectivity index (χ3v) is 8.12. The van der Waals surface area contributed by atoms with Crippen molar-refractivity contribution >= 4 is 59.1 Å². The van der Waals surface area contributed by atoms with E-state index in [-0.39, 0.29) is 16.2 Å². The highest BCUT2D eigenvalue weighted by molar-refractivity contribution is 6.54. The Hall–Kier alpha value is -3.26. The summed E-state index contributed by atoms with van der Waals surface area (Å²) in [6.07, 6.45) is 2.80. The van der Waals surface area contributed by atoms with Gasteiger partial charge in [-0.1, -0.05) is 104 Å². The van der Waals surface area contributed by atoms with Crippen LogP contribution in [0.2, 0.25) is 0 Å². The molecule has 4 heteroatoms. The van der Waals surface area contributed by atoms with Gasteiger partial charge in [-0.15, -0.1) is 0 Å². The lowest BCUT2D eigenvalue weighted by Gasteiger charge is -2.29. The van der Waals surface area contributed by atoms with E-state index in [0.29, 0.717) is 11.1 Å². The summed E-state index contributed by atoms with van der Waals surface area (Å²) in [5, 5.41) is 6.61. The molecule has 42 heavy (non-hydrogen) atoms. The van der Waals surface area contributed by atoms with Crippen molar-refractivity contribution in [1.82, 2.24) is 4.98 Å². The van der Waals surface area contributed by atoms with E-state index in [0.717, 1.165) is 63.6 Å². The molecule has 2 heterocycles. The van der Waals surface area contributed by atoms with Gasteiger partial charge in [-0.2, -0.15) is 0 Å². The van der Waals surface area contributed by atoms with E-state index in [1.807, 2.05) is 0 Å². The number of hydrogen-bond donors (Lipinski definition) is 0. The highest BCUT2D eigenvalue weighted by Gasteiger charge is 2.30. The summed E-state index contributed by atoms with van der Waals surface area (Å²) in [7, 11) is 13.4. The summed E-state index contributed by atoms with van der Waals surface area (Å²) in [5.74, 6) is 1.68. The molecule has 4 radical (unpaired) electrons.